The topological polar surface area (TPSA) is 41.1 Å². The van der Waals surface area contributed by atoms with Crippen molar-refractivity contribution in [3.63, 3.8) is 0 Å². The highest BCUT2D eigenvalue weighted by atomic mass is 16.1. The number of aryl methyl sites for hydroxylation is 1. The van der Waals surface area contributed by atoms with E-state index < -0.39 is 0 Å². The number of carbonyl (C=O) groups is 1. The summed E-state index contributed by atoms with van der Waals surface area (Å²) in [7, 11) is 0. The summed E-state index contributed by atoms with van der Waals surface area (Å²) in [5.74, 6) is 0.811. The van der Waals surface area contributed by atoms with Crippen molar-refractivity contribution in [2.24, 2.45) is 5.92 Å². The van der Waals surface area contributed by atoms with Crippen molar-refractivity contribution in [2.45, 2.75) is 46.1 Å². The van der Waals surface area contributed by atoms with Crippen molar-refractivity contribution in [1.82, 2.24) is 0 Å². The van der Waals surface area contributed by atoms with Gasteiger partial charge in [-0.3, -0.25) is 4.79 Å². The first-order valence-electron chi connectivity index (χ1n) is 6.69. The molecule has 2 rings (SSSR count). The zero-order valence-electron chi connectivity index (χ0n) is 11.4. The van der Waals surface area contributed by atoms with Crippen molar-refractivity contribution < 1.29 is 4.79 Å². The van der Waals surface area contributed by atoms with Gasteiger partial charge < -0.3 is 10.6 Å². The number of amides is 1. The van der Waals surface area contributed by atoms with Crippen LogP contribution in [0, 0.1) is 12.8 Å². The summed E-state index contributed by atoms with van der Waals surface area (Å²) < 4.78 is 0. The summed E-state index contributed by atoms with van der Waals surface area (Å²) in [6.07, 6.45) is 3.83. The predicted octanol–water partition coefficient (Wildman–Crippen LogP) is 3.55. The van der Waals surface area contributed by atoms with Crippen molar-refractivity contribution in [2.75, 3.05) is 10.6 Å². The molecule has 0 radical (unpaired) electrons. The summed E-state index contributed by atoms with van der Waals surface area (Å²) in [5, 5.41) is 6.41. The molecule has 1 aliphatic carbocycles. The van der Waals surface area contributed by atoms with E-state index in [1.165, 1.54) is 26.2 Å². The lowest BCUT2D eigenvalue weighted by molar-refractivity contribution is -0.114. The molecule has 0 bridgehead atoms. The quantitative estimate of drug-likeness (QED) is 0.856. The standard InChI is InChI=1S/C15H22N2O/c1-10-4-5-13(8-10)17-14-6-7-15(11(2)9-14)16-12(3)18/h6-7,9-10,13,17H,4-5,8H2,1-3H3,(H,16,18). The Morgan fingerprint density at radius 2 is 2.11 bits per heavy atom. The molecule has 18 heavy (non-hydrogen) atoms. The summed E-state index contributed by atoms with van der Waals surface area (Å²) in [6.45, 7) is 5.87. The van der Waals surface area contributed by atoms with Crippen LogP contribution in [0.4, 0.5) is 11.4 Å². The molecular formula is C15H22N2O. The van der Waals surface area contributed by atoms with Crippen molar-refractivity contribution in [1.29, 1.82) is 0 Å². The molecule has 0 aromatic heterocycles. The highest BCUT2D eigenvalue weighted by molar-refractivity contribution is 5.89. The van der Waals surface area contributed by atoms with E-state index >= 15 is 0 Å². The average molecular weight is 246 g/mol. The van der Waals surface area contributed by atoms with E-state index in [0.29, 0.717) is 6.04 Å². The molecule has 0 heterocycles. The Bertz CT molecular complexity index is 442. The Labute approximate surface area is 109 Å². The number of rotatable bonds is 3. The zero-order valence-corrected chi connectivity index (χ0v) is 11.4. The van der Waals surface area contributed by atoms with E-state index in [1.54, 1.807) is 0 Å². The van der Waals surface area contributed by atoms with E-state index in [2.05, 4.69) is 23.6 Å². The molecule has 0 saturated heterocycles. The van der Waals surface area contributed by atoms with Gasteiger partial charge >= 0.3 is 0 Å². The predicted molar refractivity (Wildman–Crippen MR) is 75.9 cm³/mol. The molecule has 0 aliphatic heterocycles. The number of benzene rings is 1. The van der Waals surface area contributed by atoms with Crippen molar-refractivity contribution in [3.05, 3.63) is 23.8 Å². The fourth-order valence-corrected chi connectivity index (χ4v) is 2.66. The van der Waals surface area contributed by atoms with Crippen LogP contribution in [0.15, 0.2) is 18.2 Å². The summed E-state index contributed by atoms with van der Waals surface area (Å²) in [5.41, 5.74) is 3.15. The molecule has 2 atom stereocenters. The van der Waals surface area contributed by atoms with Gasteiger partial charge in [0.05, 0.1) is 0 Å². The molecule has 2 N–H and O–H groups in total. The first-order chi connectivity index (χ1) is 8.54. The maximum absolute atomic E-state index is 11.0. The van der Waals surface area contributed by atoms with Gasteiger partial charge in [-0.05, 0) is 55.9 Å². The Morgan fingerprint density at radius 1 is 1.33 bits per heavy atom. The molecule has 1 aromatic carbocycles. The molecule has 2 unspecified atom stereocenters. The van der Waals surface area contributed by atoms with Gasteiger partial charge in [0.15, 0.2) is 0 Å². The maximum atomic E-state index is 11.0. The first kappa shape index (κ1) is 12.9. The minimum absolute atomic E-state index is 0.0246. The molecule has 1 amide bonds. The molecule has 98 valence electrons. The molecule has 3 heteroatoms. The minimum Gasteiger partial charge on any atom is -0.382 e. The maximum Gasteiger partial charge on any atom is 0.221 e. The number of hydrogen-bond donors (Lipinski definition) is 2. The Kier molecular flexibility index (Phi) is 3.90. The van der Waals surface area contributed by atoms with E-state index in [0.717, 1.165) is 22.9 Å². The van der Waals surface area contributed by atoms with E-state index in [-0.39, 0.29) is 5.91 Å². The molecule has 0 spiro atoms. The lowest BCUT2D eigenvalue weighted by Gasteiger charge is -2.16. The van der Waals surface area contributed by atoms with Crippen LogP contribution in [-0.2, 0) is 4.79 Å². The molecule has 3 nitrogen and oxygen atoms in total. The third-order valence-electron chi connectivity index (χ3n) is 3.60. The first-order valence-corrected chi connectivity index (χ1v) is 6.69. The highest BCUT2D eigenvalue weighted by Crippen LogP contribution is 2.28. The third kappa shape index (κ3) is 3.25. The normalized spacial score (nSPS) is 22.8. The molecular weight excluding hydrogens is 224 g/mol. The van der Waals surface area contributed by atoms with E-state index in [1.807, 2.05) is 19.1 Å². The van der Waals surface area contributed by atoms with Crippen LogP contribution < -0.4 is 10.6 Å². The number of anilines is 2. The summed E-state index contributed by atoms with van der Waals surface area (Å²) in [4.78, 5) is 11.0. The van der Waals surface area contributed by atoms with Crippen LogP contribution in [0.2, 0.25) is 0 Å². The van der Waals surface area contributed by atoms with Gasteiger partial charge in [0.2, 0.25) is 5.91 Å². The van der Waals surface area contributed by atoms with Crippen molar-refractivity contribution in [3.8, 4) is 0 Å². The second-order valence-electron chi connectivity index (χ2n) is 5.47. The number of nitrogens with one attached hydrogen (secondary N) is 2. The van der Waals surface area contributed by atoms with Gasteiger partial charge in [-0.25, -0.2) is 0 Å². The number of hydrogen-bond acceptors (Lipinski definition) is 2. The lowest BCUT2D eigenvalue weighted by Crippen LogP contribution is -2.15. The largest absolute Gasteiger partial charge is 0.382 e. The number of carbonyl (C=O) groups excluding carboxylic acids is 1. The van der Waals surface area contributed by atoms with Crippen LogP contribution in [0.5, 0.6) is 0 Å². The lowest BCUT2D eigenvalue weighted by atomic mass is 10.1. The SMILES string of the molecule is CC(=O)Nc1ccc(NC2CCC(C)C2)cc1C. The van der Waals surface area contributed by atoms with Crippen LogP contribution >= 0.6 is 0 Å². The Balaban J connectivity index is 2.02. The smallest absolute Gasteiger partial charge is 0.221 e. The van der Waals surface area contributed by atoms with Gasteiger partial charge in [0.25, 0.3) is 0 Å². The van der Waals surface area contributed by atoms with Crippen LogP contribution in [-0.4, -0.2) is 11.9 Å². The molecule has 1 aromatic rings. The van der Waals surface area contributed by atoms with Gasteiger partial charge in [-0.2, -0.15) is 0 Å². The van der Waals surface area contributed by atoms with Crippen LogP contribution in [0.3, 0.4) is 0 Å². The monoisotopic (exact) mass is 246 g/mol. The molecule has 1 saturated carbocycles. The highest BCUT2D eigenvalue weighted by Gasteiger charge is 2.20. The molecule has 1 aliphatic rings. The van der Waals surface area contributed by atoms with Crippen LogP contribution in [0.25, 0.3) is 0 Å². The van der Waals surface area contributed by atoms with E-state index in [9.17, 15) is 4.79 Å². The minimum atomic E-state index is -0.0246. The average Bonchev–Trinajstić information content (AvgIpc) is 2.68. The van der Waals surface area contributed by atoms with Gasteiger partial charge in [-0.15, -0.1) is 0 Å². The Hall–Kier alpha value is -1.51. The van der Waals surface area contributed by atoms with Crippen LogP contribution in [0.1, 0.15) is 38.7 Å². The Morgan fingerprint density at radius 3 is 2.67 bits per heavy atom. The second-order valence-corrected chi connectivity index (χ2v) is 5.47. The molecule has 1 fully saturated rings. The van der Waals surface area contributed by atoms with Gasteiger partial charge in [0, 0.05) is 24.3 Å². The summed E-state index contributed by atoms with van der Waals surface area (Å²) in [6, 6.07) is 6.72. The zero-order chi connectivity index (χ0) is 13.1. The summed E-state index contributed by atoms with van der Waals surface area (Å²) >= 11 is 0. The van der Waals surface area contributed by atoms with Crippen molar-refractivity contribution >= 4 is 17.3 Å². The van der Waals surface area contributed by atoms with Gasteiger partial charge in [0.1, 0.15) is 0 Å². The fraction of sp³-hybridized carbons (Fsp3) is 0.533. The van der Waals surface area contributed by atoms with Gasteiger partial charge in [-0.1, -0.05) is 6.92 Å². The second kappa shape index (κ2) is 5.42. The fourth-order valence-electron chi connectivity index (χ4n) is 2.66. The van der Waals surface area contributed by atoms with E-state index in [4.69, 9.17) is 0 Å². The third-order valence-corrected chi connectivity index (χ3v) is 3.60.